The Hall–Kier alpha value is -1.38. The molecule has 0 atom stereocenters. The number of benzene rings is 1. The summed E-state index contributed by atoms with van der Waals surface area (Å²) in [5.41, 5.74) is 3.01. The van der Waals surface area contributed by atoms with Gasteiger partial charge in [-0.2, -0.15) is 0 Å². The van der Waals surface area contributed by atoms with Crippen molar-refractivity contribution in [1.29, 1.82) is 0 Å². The molecule has 0 amide bonds. The first kappa shape index (κ1) is 10.8. The lowest BCUT2D eigenvalue weighted by Gasteiger charge is -2.23. The van der Waals surface area contributed by atoms with Gasteiger partial charge in [-0.25, -0.2) is 0 Å². The smallest absolute Gasteiger partial charge is 0.162 e. The Kier molecular flexibility index (Phi) is 2.42. The molecule has 0 radical (unpaired) electrons. The van der Waals surface area contributed by atoms with Crippen molar-refractivity contribution in [3.05, 3.63) is 17.7 Å². The molecule has 0 unspecified atom stereocenters. The zero-order chi connectivity index (χ0) is 11.9. The monoisotopic (exact) mass is 233 g/mol. The molecule has 2 aliphatic rings. The summed E-state index contributed by atoms with van der Waals surface area (Å²) in [7, 11) is 3.39. The van der Waals surface area contributed by atoms with Gasteiger partial charge in [0.15, 0.2) is 11.5 Å². The maximum absolute atomic E-state index is 5.41. The molecule has 17 heavy (non-hydrogen) atoms. The van der Waals surface area contributed by atoms with Crippen LogP contribution in [0.15, 0.2) is 12.1 Å². The van der Waals surface area contributed by atoms with Crippen LogP contribution in [0.2, 0.25) is 0 Å². The van der Waals surface area contributed by atoms with Crippen molar-refractivity contribution in [2.45, 2.75) is 31.1 Å². The first-order valence-corrected chi connectivity index (χ1v) is 6.29. The van der Waals surface area contributed by atoms with E-state index in [2.05, 4.69) is 17.4 Å². The molecule has 1 saturated carbocycles. The Labute approximate surface area is 102 Å². The van der Waals surface area contributed by atoms with E-state index in [9.17, 15) is 0 Å². The van der Waals surface area contributed by atoms with E-state index in [1.165, 1.54) is 36.9 Å². The number of hydrogen-bond donors (Lipinski definition) is 1. The summed E-state index contributed by atoms with van der Waals surface area (Å²) < 4.78 is 10.8. The molecular weight excluding hydrogens is 214 g/mol. The highest BCUT2D eigenvalue weighted by molar-refractivity contribution is 5.67. The van der Waals surface area contributed by atoms with Crippen LogP contribution in [0.25, 0.3) is 0 Å². The van der Waals surface area contributed by atoms with Crippen molar-refractivity contribution in [1.82, 2.24) is 0 Å². The summed E-state index contributed by atoms with van der Waals surface area (Å²) in [6.45, 7) is 1.07. The maximum Gasteiger partial charge on any atom is 0.162 e. The van der Waals surface area contributed by atoms with Crippen molar-refractivity contribution >= 4 is 5.69 Å². The number of hydrogen-bond acceptors (Lipinski definition) is 3. The van der Waals surface area contributed by atoms with Crippen LogP contribution in [0.3, 0.4) is 0 Å². The van der Waals surface area contributed by atoms with E-state index in [1.807, 2.05) is 0 Å². The standard InChI is InChI=1S/C14H19NO2/c1-16-12-7-10-11(8-13(12)17-2)15-9-14(10)5-3-4-6-14/h7-8,15H,3-6,9H2,1-2H3. The van der Waals surface area contributed by atoms with Gasteiger partial charge in [0.25, 0.3) is 0 Å². The van der Waals surface area contributed by atoms with Crippen molar-refractivity contribution in [2.75, 3.05) is 26.1 Å². The Morgan fingerprint density at radius 3 is 2.35 bits per heavy atom. The molecule has 92 valence electrons. The molecule has 1 spiro atoms. The van der Waals surface area contributed by atoms with Crippen LogP contribution in [0.4, 0.5) is 5.69 Å². The summed E-state index contributed by atoms with van der Waals surface area (Å²) in [4.78, 5) is 0. The molecule has 0 bridgehead atoms. The fraction of sp³-hybridized carbons (Fsp3) is 0.571. The SMILES string of the molecule is COc1cc2c(cc1OC)C1(CCCC1)CN2. The second-order valence-corrected chi connectivity index (χ2v) is 5.09. The lowest BCUT2D eigenvalue weighted by molar-refractivity contribution is 0.354. The molecule has 3 rings (SSSR count). The highest BCUT2D eigenvalue weighted by Gasteiger charge is 2.41. The van der Waals surface area contributed by atoms with Gasteiger partial charge in [0, 0.05) is 23.7 Å². The fourth-order valence-electron chi connectivity index (χ4n) is 3.32. The zero-order valence-corrected chi connectivity index (χ0v) is 10.5. The third-order valence-corrected chi connectivity index (χ3v) is 4.27. The molecule has 3 nitrogen and oxygen atoms in total. The minimum absolute atomic E-state index is 0.356. The molecule has 1 heterocycles. The van der Waals surface area contributed by atoms with Crippen LogP contribution in [0.1, 0.15) is 31.2 Å². The predicted molar refractivity (Wildman–Crippen MR) is 68.2 cm³/mol. The van der Waals surface area contributed by atoms with Crippen LogP contribution in [0.5, 0.6) is 11.5 Å². The largest absolute Gasteiger partial charge is 0.493 e. The van der Waals surface area contributed by atoms with E-state index < -0.39 is 0 Å². The molecule has 0 saturated heterocycles. The van der Waals surface area contributed by atoms with E-state index in [1.54, 1.807) is 14.2 Å². The van der Waals surface area contributed by atoms with Gasteiger partial charge >= 0.3 is 0 Å². The summed E-state index contributed by atoms with van der Waals surface area (Å²) >= 11 is 0. The Balaban J connectivity index is 2.09. The van der Waals surface area contributed by atoms with Gasteiger partial charge in [-0.15, -0.1) is 0 Å². The molecular formula is C14H19NO2. The summed E-state index contributed by atoms with van der Waals surface area (Å²) in [6, 6.07) is 4.24. The lowest BCUT2D eigenvalue weighted by Crippen LogP contribution is -2.24. The normalized spacial score (nSPS) is 20.1. The van der Waals surface area contributed by atoms with Crippen LogP contribution in [-0.2, 0) is 5.41 Å². The first-order valence-electron chi connectivity index (χ1n) is 6.29. The van der Waals surface area contributed by atoms with E-state index in [4.69, 9.17) is 9.47 Å². The van der Waals surface area contributed by atoms with Gasteiger partial charge < -0.3 is 14.8 Å². The van der Waals surface area contributed by atoms with Gasteiger partial charge in [-0.1, -0.05) is 12.8 Å². The molecule has 1 aromatic carbocycles. The van der Waals surface area contributed by atoms with Crippen molar-refractivity contribution in [3.63, 3.8) is 0 Å². The highest BCUT2D eigenvalue weighted by atomic mass is 16.5. The second-order valence-electron chi connectivity index (χ2n) is 5.09. The van der Waals surface area contributed by atoms with Crippen molar-refractivity contribution in [2.24, 2.45) is 0 Å². The fourth-order valence-corrected chi connectivity index (χ4v) is 3.32. The molecule has 1 aliphatic heterocycles. The van der Waals surface area contributed by atoms with Crippen LogP contribution in [0, 0.1) is 0 Å². The molecule has 1 aliphatic carbocycles. The van der Waals surface area contributed by atoms with E-state index >= 15 is 0 Å². The van der Waals surface area contributed by atoms with E-state index in [0.29, 0.717) is 5.41 Å². The van der Waals surface area contributed by atoms with Gasteiger partial charge in [0.1, 0.15) is 0 Å². The Bertz CT molecular complexity index is 436. The van der Waals surface area contributed by atoms with Crippen LogP contribution >= 0.6 is 0 Å². The third kappa shape index (κ3) is 1.48. The average Bonchev–Trinajstić information content (AvgIpc) is 2.97. The third-order valence-electron chi connectivity index (χ3n) is 4.27. The van der Waals surface area contributed by atoms with Crippen molar-refractivity contribution in [3.8, 4) is 11.5 Å². The summed E-state index contributed by atoms with van der Waals surface area (Å²) in [5.74, 6) is 1.66. The number of anilines is 1. The maximum atomic E-state index is 5.41. The minimum Gasteiger partial charge on any atom is -0.493 e. The van der Waals surface area contributed by atoms with Gasteiger partial charge in [0.05, 0.1) is 14.2 Å². The topological polar surface area (TPSA) is 30.5 Å². The molecule has 1 aromatic rings. The molecule has 1 N–H and O–H groups in total. The lowest BCUT2D eigenvalue weighted by atomic mass is 9.81. The summed E-state index contributed by atoms with van der Waals surface area (Å²) in [5, 5.41) is 3.52. The number of ether oxygens (including phenoxy) is 2. The zero-order valence-electron chi connectivity index (χ0n) is 10.5. The summed E-state index contributed by atoms with van der Waals surface area (Å²) in [6.07, 6.45) is 5.27. The highest BCUT2D eigenvalue weighted by Crippen LogP contribution is 2.50. The van der Waals surface area contributed by atoms with Gasteiger partial charge in [-0.3, -0.25) is 0 Å². The predicted octanol–water partition coefficient (Wildman–Crippen LogP) is 2.94. The van der Waals surface area contributed by atoms with E-state index in [0.717, 1.165) is 18.0 Å². The first-order chi connectivity index (χ1) is 8.29. The number of methoxy groups -OCH3 is 2. The van der Waals surface area contributed by atoms with Crippen LogP contribution in [-0.4, -0.2) is 20.8 Å². The quantitative estimate of drug-likeness (QED) is 0.852. The Morgan fingerprint density at radius 1 is 1.06 bits per heavy atom. The molecule has 3 heteroatoms. The number of rotatable bonds is 2. The van der Waals surface area contributed by atoms with Crippen molar-refractivity contribution < 1.29 is 9.47 Å². The van der Waals surface area contributed by atoms with E-state index in [-0.39, 0.29) is 0 Å². The number of nitrogens with one attached hydrogen (secondary N) is 1. The Morgan fingerprint density at radius 2 is 1.71 bits per heavy atom. The second kappa shape index (κ2) is 3.83. The van der Waals surface area contributed by atoms with Gasteiger partial charge in [-0.05, 0) is 24.5 Å². The van der Waals surface area contributed by atoms with Crippen LogP contribution < -0.4 is 14.8 Å². The molecule has 0 aromatic heterocycles. The molecule has 1 fully saturated rings. The average molecular weight is 233 g/mol. The van der Waals surface area contributed by atoms with Gasteiger partial charge in [0.2, 0.25) is 0 Å². The minimum atomic E-state index is 0.356. The number of fused-ring (bicyclic) bond motifs is 2.